The van der Waals surface area contributed by atoms with E-state index in [0.717, 1.165) is 12.3 Å². The molecule has 3 N–H and O–H groups in total. The summed E-state index contributed by atoms with van der Waals surface area (Å²) in [6, 6.07) is 13.6. The van der Waals surface area contributed by atoms with Crippen LogP contribution in [-0.2, 0) is 23.4 Å². The van der Waals surface area contributed by atoms with Crippen LogP contribution in [0.2, 0.25) is 0 Å². The number of carbonyl (C=O) groups excluding carboxylic acids is 2. The number of benzene rings is 2. The fraction of sp³-hybridized carbons (Fsp3) is 0.379. The molecule has 0 radical (unpaired) electrons. The molecule has 0 aliphatic carbocycles. The lowest BCUT2D eigenvalue weighted by molar-refractivity contribution is -0.149. The van der Waals surface area contributed by atoms with Gasteiger partial charge in [-0.15, -0.1) is 0 Å². The normalized spacial score (nSPS) is 20.8. The van der Waals surface area contributed by atoms with Gasteiger partial charge in [0.05, 0.1) is 19.8 Å². The van der Waals surface area contributed by atoms with Gasteiger partial charge in [0.1, 0.15) is 29.5 Å². The molecule has 1 fully saturated rings. The molecule has 2 heterocycles. The number of methoxy groups -OCH3 is 1. The number of hydrogen-bond acceptors (Lipinski definition) is 11. The van der Waals surface area contributed by atoms with Crippen LogP contribution >= 0.6 is 7.75 Å². The Hall–Kier alpha value is -4.21. The minimum Gasteiger partial charge on any atom is -0.497 e. The first kappa shape index (κ1) is 34.7. The third-order valence-electron chi connectivity index (χ3n) is 6.49. The summed E-state index contributed by atoms with van der Waals surface area (Å²) in [6.07, 6.45) is -6.24. The Kier molecular flexibility index (Phi) is 10.9. The highest BCUT2D eigenvalue weighted by atomic mass is 31.2. The van der Waals surface area contributed by atoms with Crippen molar-refractivity contribution in [1.29, 1.82) is 0 Å². The van der Waals surface area contributed by atoms with Gasteiger partial charge in [-0.1, -0.05) is 18.2 Å². The van der Waals surface area contributed by atoms with Gasteiger partial charge < -0.3 is 29.2 Å². The molecule has 14 nitrogen and oxygen atoms in total. The summed E-state index contributed by atoms with van der Waals surface area (Å²) in [7, 11) is -3.02. The van der Waals surface area contributed by atoms with E-state index in [9.17, 15) is 24.1 Å². The van der Waals surface area contributed by atoms with Crippen LogP contribution in [0.15, 0.2) is 71.7 Å². The number of alkyl halides is 2. The van der Waals surface area contributed by atoms with Crippen LogP contribution in [-0.4, -0.2) is 70.5 Å². The molecule has 46 heavy (non-hydrogen) atoms. The molecular formula is C29H33F2N4O10P. The Labute approximate surface area is 262 Å². The number of amides is 1. The number of anilines is 1. The van der Waals surface area contributed by atoms with Gasteiger partial charge in [0.25, 0.3) is 5.91 Å². The van der Waals surface area contributed by atoms with Crippen LogP contribution in [0.3, 0.4) is 0 Å². The monoisotopic (exact) mass is 666 g/mol. The van der Waals surface area contributed by atoms with Gasteiger partial charge in [-0.3, -0.25) is 18.7 Å². The van der Waals surface area contributed by atoms with Crippen molar-refractivity contribution in [2.45, 2.75) is 57.3 Å². The summed E-state index contributed by atoms with van der Waals surface area (Å²) in [5, 5.41) is 15.3. The van der Waals surface area contributed by atoms with E-state index in [1.54, 1.807) is 44.2 Å². The molecule has 0 saturated carbocycles. The van der Waals surface area contributed by atoms with Crippen molar-refractivity contribution in [1.82, 2.24) is 14.6 Å². The summed E-state index contributed by atoms with van der Waals surface area (Å²) in [5.41, 5.74) is -0.999. The predicted molar refractivity (Wildman–Crippen MR) is 159 cm³/mol. The van der Waals surface area contributed by atoms with E-state index in [1.807, 2.05) is 0 Å². The average molecular weight is 667 g/mol. The maximum Gasteiger partial charge on any atom is 0.459 e. The van der Waals surface area contributed by atoms with Crippen molar-refractivity contribution in [3.8, 4) is 11.5 Å². The van der Waals surface area contributed by atoms with E-state index >= 15 is 8.78 Å². The predicted octanol–water partition coefficient (Wildman–Crippen LogP) is 3.53. The van der Waals surface area contributed by atoms with E-state index in [-0.39, 0.29) is 17.1 Å². The molecule has 1 aliphatic rings. The van der Waals surface area contributed by atoms with Crippen molar-refractivity contribution in [3.63, 3.8) is 0 Å². The number of halogens is 2. The van der Waals surface area contributed by atoms with Crippen LogP contribution in [0, 0.1) is 0 Å². The number of para-hydroxylation sites is 1. The number of carbonyl (C=O) groups is 2. The number of esters is 1. The van der Waals surface area contributed by atoms with Gasteiger partial charge >= 0.3 is 25.3 Å². The van der Waals surface area contributed by atoms with Crippen molar-refractivity contribution in [2.24, 2.45) is 0 Å². The molecule has 2 aromatic carbocycles. The first-order chi connectivity index (χ1) is 21.7. The zero-order valence-electron chi connectivity index (χ0n) is 25.2. The highest BCUT2D eigenvalue weighted by Crippen LogP contribution is 2.48. The number of nitrogens with zero attached hydrogens (tertiary/aromatic N) is 2. The number of rotatable bonds is 13. The molecule has 3 aromatic rings. The lowest BCUT2D eigenvalue weighted by Crippen LogP contribution is -2.42. The largest absolute Gasteiger partial charge is 0.497 e. The molecule has 2 unspecified atom stereocenters. The number of hydrogen-bond donors (Lipinski definition) is 3. The first-order valence-electron chi connectivity index (χ1n) is 14.0. The first-order valence-corrected chi connectivity index (χ1v) is 15.5. The second-order valence-electron chi connectivity index (χ2n) is 10.4. The molecule has 4 rings (SSSR count). The van der Waals surface area contributed by atoms with Crippen LogP contribution in [0.5, 0.6) is 11.5 Å². The Morgan fingerprint density at radius 1 is 1.09 bits per heavy atom. The number of aliphatic hydroxyl groups is 1. The highest BCUT2D eigenvalue weighted by molar-refractivity contribution is 7.52. The number of ether oxygens (including phenoxy) is 3. The van der Waals surface area contributed by atoms with Gasteiger partial charge in [0.2, 0.25) is 6.23 Å². The van der Waals surface area contributed by atoms with E-state index in [2.05, 4.69) is 15.4 Å². The third-order valence-corrected chi connectivity index (χ3v) is 8.13. The lowest BCUT2D eigenvalue weighted by atomic mass is 10.1. The SMILES string of the molecule is COc1ccc(C(=O)Nc2ccn(C3O[C@H](COP(=O)(N[C@H](C)C(=O)OC(C)C)Oc4ccccc4)[C@@H](O)C3(F)F)c(=O)n2)cc1. The van der Waals surface area contributed by atoms with Crippen LogP contribution < -0.4 is 25.4 Å². The molecule has 17 heteroatoms. The number of nitrogens with one attached hydrogen (secondary N) is 2. The second-order valence-corrected chi connectivity index (χ2v) is 12.1. The number of aliphatic hydroxyl groups excluding tert-OH is 1. The van der Waals surface area contributed by atoms with Crippen molar-refractivity contribution in [2.75, 3.05) is 19.0 Å². The Morgan fingerprint density at radius 3 is 2.37 bits per heavy atom. The summed E-state index contributed by atoms with van der Waals surface area (Å²) >= 11 is 0. The van der Waals surface area contributed by atoms with E-state index in [4.69, 9.17) is 23.3 Å². The highest BCUT2D eigenvalue weighted by Gasteiger charge is 2.60. The van der Waals surface area contributed by atoms with Gasteiger partial charge in [-0.05, 0) is 63.2 Å². The second kappa shape index (κ2) is 14.5. The third kappa shape index (κ3) is 8.33. The van der Waals surface area contributed by atoms with Gasteiger partial charge in [0, 0.05) is 11.8 Å². The topological polar surface area (TPSA) is 177 Å². The fourth-order valence-electron chi connectivity index (χ4n) is 4.20. The molecule has 1 aromatic heterocycles. The van der Waals surface area contributed by atoms with E-state index < -0.39 is 68.4 Å². The van der Waals surface area contributed by atoms with E-state index in [0.29, 0.717) is 10.3 Å². The summed E-state index contributed by atoms with van der Waals surface area (Å²) < 4.78 is 70.9. The van der Waals surface area contributed by atoms with Crippen molar-refractivity contribution in [3.05, 3.63) is 82.9 Å². The summed E-state index contributed by atoms with van der Waals surface area (Å²) in [6.45, 7) is 3.66. The van der Waals surface area contributed by atoms with Crippen LogP contribution in [0.25, 0.3) is 0 Å². The quantitative estimate of drug-likeness (QED) is 0.179. The van der Waals surface area contributed by atoms with Gasteiger partial charge in [0.15, 0.2) is 6.10 Å². The zero-order chi connectivity index (χ0) is 33.6. The molecule has 0 spiro atoms. The van der Waals surface area contributed by atoms with Crippen LogP contribution in [0.4, 0.5) is 14.6 Å². The van der Waals surface area contributed by atoms with Crippen LogP contribution in [0.1, 0.15) is 37.4 Å². The average Bonchev–Trinajstić information content (AvgIpc) is 3.23. The van der Waals surface area contributed by atoms with Gasteiger partial charge in [-0.25, -0.2) is 9.36 Å². The minimum atomic E-state index is -4.48. The fourth-order valence-corrected chi connectivity index (χ4v) is 5.71. The smallest absolute Gasteiger partial charge is 0.459 e. The molecule has 1 aliphatic heterocycles. The molecule has 0 bridgehead atoms. The van der Waals surface area contributed by atoms with Crippen molar-refractivity contribution >= 4 is 25.4 Å². The Balaban J connectivity index is 1.48. The summed E-state index contributed by atoms with van der Waals surface area (Å²) in [4.78, 5) is 41.3. The number of aromatic nitrogens is 2. The zero-order valence-corrected chi connectivity index (χ0v) is 26.1. The minimum absolute atomic E-state index is 0.0654. The van der Waals surface area contributed by atoms with Gasteiger partial charge in [-0.2, -0.15) is 18.9 Å². The molecule has 1 amide bonds. The van der Waals surface area contributed by atoms with E-state index in [1.165, 1.54) is 38.3 Å². The Morgan fingerprint density at radius 2 is 1.76 bits per heavy atom. The Bertz CT molecular complexity index is 1620. The van der Waals surface area contributed by atoms with Crippen molar-refractivity contribution < 1.29 is 51.3 Å². The molecule has 248 valence electrons. The maximum absolute atomic E-state index is 15.2. The standard InChI is InChI=1S/C29H33F2N4O10P/c1-17(2)43-26(38)18(3)34-46(40,45-21-8-6-5-7-9-21)42-16-22-24(36)29(30,31)27(44-22)35-15-14-23(33-28(35)39)32-25(37)19-10-12-20(41-4)13-11-19/h5-15,17-18,22,24,27,36H,16H2,1-4H3,(H,34,40)(H,32,33,37,39)/t18-,22-,24-,27?,46?/m1/s1. The summed E-state index contributed by atoms with van der Waals surface area (Å²) in [5.74, 6) is -5.09. The molecule has 5 atom stereocenters. The molecule has 1 saturated heterocycles. The lowest BCUT2D eigenvalue weighted by Gasteiger charge is -2.25. The maximum atomic E-state index is 15.2. The molecular weight excluding hydrogens is 633 g/mol.